The van der Waals surface area contributed by atoms with Gasteiger partial charge in [-0.15, -0.1) is 0 Å². The molecule has 1 unspecified atom stereocenters. The van der Waals surface area contributed by atoms with Crippen molar-refractivity contribution in [2.24, 2.45) is 11.7 Å². The van der Waals surface area contributed by atoms with Crippen molar-refractivity contribution in [3.63, 3.8) is 0 Å². The van der Waals surface area contributed by atoms with Gasteiger partial charge in [-0.2, -0.15) is 0 Å². The van der Waals surface area contributed by atoms with Crippen molar-refractivity contribution in [2.75, 3.05) is 13.1 Å². The van der Waals surface area contributed by atoms with E-state index < -0.39 is 11.9 Å². The van der Waals surface area contributed by atoms with Crippen LogP contribution >= 0.6 is 0 Å². The summed E-state index contributed by atoms with van der Waals surface area (Å²) in [6, 6.07) is 0. The lowest BCUT2D eigenvalue weighted by molar-refractivity contribution is -0.141. The largest absolute Gasteiger partial charge is 0.481 e. The Bertz CT molecular complexity index is 194. The van der Waals surface area contributed by atoms with E-state index in [9.17, 15) is 9.59 Å². The third kappa shape index (κ3) is 5.53. The van der Waals surface area contributed by atoms with Crippen LogP contribution in [0.3, 0.4) is 0 Å². The lowest BCUT2D eigenvalue weighted by Gasteiger charge is -2.11. The minimum Gasteiger partial charge on any atom is -0.481 e. The Hall–Kier alpha value is -1.10. The molecule has 0 aromatic rings. The molecule has 0 aromatic heterocycles. The van der Waals surface area contributed by atoms with Crippen molar-refractivity contribution in [3.8, 4) is 0 Å². The summed E-state index contributed by atoms with van der Waals surface area (Å²) in [4.78, 5) is 21.7. The topological polar surface area (TPSA) is 92.4 Å². The highest BCUT2D eigenvalue weighted by Crippen LogP contribution is 2.04. The van der Waals surface area contributed by atoms with Crippen LogP contribution in [0.25, 0.3) is 0 Å². The van der Waals surface area contributed by atoms with Crippen LogP contribution < -0.4 is 11.1 Å². The number of carboxylic acid groups (broad SMARTS) is 1. The van der Waals surface area contributed by atoms with E-state index in [0.717, 1.165) is 6.42 Å². The molecule has 0 bridgehead atoms. The minimum atomic E-state index is -0.861. The summed E-state index contributed by atoms with van der Waals surface area (Å²) in [5.41, 5.74) is 5.18. The molecule has 0 heterocycles. The number of rotatable bonds is 7. The molecule has 0 aliphatic heterocycles. The molecular formula is C9H18N2O3. The number of nitrogens with one attached hydrogen (secondary N) is 1. The van der Waals surface area contributed by atoms with Gasteiger partial charge in [-0.25, -0.2) is 0 Å². The van der Waals surface area contributed by atoms with Crippen LogP contribution in [0.1, 0.15) is 26.2 Å². The van der Waals surface area contributed by atoms with Crippen LogP contribution in [-0.2, 0) is 9.59 Å². The Balaban J connectivity index is 3.81. The maximum absolute atomic E-state index is 11.0. The molecule has 0 aliphatic carbocycles. The molecular weight excluding hydrogens is 184 g/mol. The van der Waals surface area contributed by atoms with Crippen LogP contribution in [0, 0.1) is 5.92 Å². The van der Waals surface area contributed by atoms with Crippen LogP contribution in [-0.4, -0.2) is 30.1 Å². The Morgan fingerprint density at radius 1 is 1.50 bits per heavy atom. The van der Waals surface area contributed by atoms with E-state index >= 15 is 0 Å². The number of amides is 1. The Kier molecular flexibility index (Phi) is 6.74. The summed E-state index contributed by atoms with van der Waals surface area (Å²) in [5.74, 6) is -1.53. The fraction of sp³-hybridized carbons (Fsp3) is 0.778. The maximum atomic E-state index is 11.0. The van der Waals surface area contributed by atoms with Crippen molar-refractivity contribution in [1.82, 2.24) is 5.32 Å². The number of carbonyl (C=O) groups excluding carboxylic acids is 1. The van der Waals surface area contributed by atoms with Gasteiger partial charge in [0, 0.05) is 19.5 Å². The summed E-state index contributed by atoms with van der Waals surface area (Å²) in [5, 5.41) is 11.3. The molecule has 0 spiro atoms. The van der Waals surface area contributed by atoms with E-state index in [0.29, 0.717) is 6.42 Å². The summed E-state index contributed by atoms with van der Waals surface area (Å²) < 4.78 is 0. The molecule has 82 valence electrons. The van der Waals surface area contributed by atoms with E-state index in [-0.39, 0.29) is 25.4 Å². The number of carboxylic acids is 1. The molecule has 5 nitrogen and oxygen atoms in total. The monoisotopic (exact) mass is 202 g/mol. The fourth-order valence-electron chi connectivity index (χ4n) is 1.12. The first-order chi connectivity index (χ1) is 6.61. The zero-order valence-corrected chi connectivity index (χ0v) is 8.45. The zero-order valence-electron chi connectivity index (χ0n) is 8.45. The fourth-order valence-corrected chi connectivity index (χ4v) is 1.12. The number of hydrogen-bond donors (Lipinski definition) is 3. The van der Waals surface area contributed by atoms with Gasteiger partial charge in [0.05, 0.1) is 5.92 Å². The van der Waals surface area contributed by atoms with Crippen LogP contribution in [0.5, 0.6) is 0 Å². The molecule has 1 atom stereocenters. The van der Waals surface area contributed by atoms with Gasteiger partial charge in [0.15, 0.2) is 0 Å². The lowest BCUT2D eigenvalue weighted by Crippen LogP contribution is -2.33. The number of aliphatic carboxylic acids is 1. The van der Waals surface area contributed by atoms with Crippen LogP contribution in [0.2, 0.25) is 0 Å². The van der Waals surface area contributed by atoms with Crippen molar-refractivity contribution >= 4 is 11.9 Å². The highest BCUT2D eigenvalue weighted by Gasteiger charge is 2.16. The second-order valence-electron chi connectivity index (χ2n) is 3.17. The van der Waals surface area contributed by atoms with Crippen molar-refractivity contribution < 1.29 is 14.7 Å². The van der Waals surface area contributed by atoms with Gasteiger partial charge in [0.2, 0.25) is 5.91 Å². The predicted molar refractivity (Wildman–Crippen MR) is 52.7 cm³/mol. The average Bonchev–Trinajstić information content (AvgIpc) is 2.12. The van der Waals surface area contributed by atoms with Gasteiger partial charge < -0.3 is 16.2 Å². The van der Waals surface area contributed by atoms with E-state index in [1.165, 1.54) is 0 Å². The van der Waals surface area contributed by atoms with Crippen LogP contribution in [0.15, 0.2) is 0 Å². The van der Waals surface area contributed by atoms with E-state index in [1.54, 1.807) is 0 Å². The molecule has 0 aromatic carbocycles. The van der Waals surface area contributed by atoms with Gasteiger partial charge in [0.25, 0.3) is 0 Å². The SMILES string of the molecule is CCCC(CNC(=O)CCN)C(=O)O. The Labute approximate surface area is 83.7 Å². The summed E-state index contributed by atoms with van der Waals surface area (Å²) in [6.45, 7) is 2.40. The van der Waals surface area contributed by atoms with E-state index in [2.05, 4.69) is 5.32 Å². The molecule has 1 amide bonds. The maximum Gasteiger partial charge on any atom is 0.308 e. The normalized spacial score (nSPS) is 12.1. The third-order valence-corrected chi connectivity index (χ3v) is 1.90. The Morgan fingerprint density at radius 2 is 2.14 bits per heavy atom. The first kappa shape index (κ1) is 12.9. The molecule has 0 fully saturated rings. The molecule has 5 heteroatoms. The van der Waals surface area contributed by atoms with E-state index in [4.69, 9.17) is 10.8 Å². The molecule has 14 heavy (non-hydrogen) atoms. The predicted octanol–water partition coefficient (Wildman–Crippen LogP) is -0.0477. The number of nitrogens with two attached hydrogens (primary N) is 1. The summed E-state index contributed by atoms with van der Waals surface area (Å²) in [6.07, 6.45) is 1.63. The number of hydrogen-bond acceptors (Lipinski definition) is 3. The quantitative estimate of drug-likeness (QED) is 0.539. The second kappa shape index (κ2) is 7.32. The highest BCUT2D eigenvalue weighted by atomic mass is 16.4. The van der Waals surface area contributed by atoms with E-state index in [1.807, 2.05) is 6.92 Å². The first-order valence-electron chi connectivity index (χ1n) is 4.81. The van der Waals surface area contributed by atoms with Crippen molar-refractivity contribution in [3.05, 3.63) is 0 Å². The second-order valence-corrected chi connectivity index (χ2v) is 3.17. The van der Waals surface area contributed by atoms with Gasteiger partial charge in [-0.3, -0.25) is 9.59 Å². The third-order valence-electron chi connectivity index (χ3n) is 1.90. The molecule has 0 aliphatic rings. The average molecular weight is 202 g/mol. The molecule has 4 N–H and O–H groups in total. The molecule has 0 saturated heterocycles. The molecule has 0 rings (SSSR count). The van der Waals surface area contributed by atoms with Crippen molar-refractivity contribution in [1.29, 1.82) is 0 Å². The first-order valence-corrected chi connectivity index (χ1v) is 4.81. The van der Waals surface area contributed by atoms with Gasteiger partial charge in [0.1, 0.15) is 0 Å². The Morgan fingerprint density at radius 3 is 2.57 bits per heavy atom. The summed E-state index contributed by atoms with van der Waals surface area (Å²) in [7, 11) is 0. The summed E-state index contributed by atoms with van der Waals surface area (Å²) >= 11 is 0. The molecule has 0 saturated carbocycles. The zero-order chi connectivity index (χ0) is 11.0. The highest BCUT2D eigenvalue weighted by molar-refractivity contribution is 5.77. The van der Waals surface area contributed by atoms with Gasteiger partial charge >= 0.3 is 5.97 Å². The lowest BCUT2D eigenvalue weighted by atomic mass is 10.0. The minimum absolute atomic E-state index is 0.185. The number of carbonyl (C=O) groups is 2. The van der Waals surface area contributed by atoms with Crippen LogP contribution in [0.4, 0.5) is 0 Å². The van der Waals surface area contributed by atoms with Crippen molar-refractivity contribution in [2.45, 2.75) is 26.2 Å². The smallest absolute Gasteiger partial charge is 0.308 e. The molecule has 0 radical (unpaired) electrons. The van der Waals surface area contributed by atoms with Gasteiger partial charge in [-0.05, 0) is 6.42 Å². The van der Waals surface area contributed by atoms with Gasteiger partial charge in [-0.1, -0.05) is 13.3 Å². The standard InChI is InChI=1S/C9H18N2O3/c1-2-3-7(9(13)14)6-11-8(12)4-5-10/h7H,2-6,10H2,1H3,(H,11,12)(H,13,14).